The van der Waals surface area contributed by atoms with E-state index < -0.39 is 33.0 Å². The van der Waals surface area contributed by atoms with Crippen molar-refractivity contribution >= 4 is 27.9 Å². The second-order valence-corrected chi connectivity index (χ2v) is 7.54. The van der Waals surface area contributed by atoms with Crippen LogP contribution in [-0.4, -0.2) is 40.0 Å². The number of ketones is 2. The summed E-state index contributed by atoms with van der Waals surface area (Å²) in [7, 11) is -4.67. The first kappa shape index (κ1) is 22.0. The SMILES string of the molecule is O=C(N[N+](=O)[O-])C1=CC=C2C=C3Cc4ccccc4C(=O)C3=CC2C1=O.O=S(=O)(O)O. The van der Waals surface area contributed by atoms with Crippen molar-refractivity contribution in [3.8, 4) is 0 Å². The Morgan fingerprint density at radius 1 is 1.16 bits per heavy atom. The van der Waals surface area contributed by atoms with Gasteiger partial charge in [-0.2, -0.15) is 8.42 Å². The number of hydrazine groups is 1. The fourth-order valence-electron chi connectivity index (χ4n) is 3.49. The number of nitro groups is 1. The van der Waals surface area contributed by atoms with Crippen molar-refractivity contribution in [3.63, 3.8) is 0 Å². The van der Waals surface area contributed by atoms with Crippen molar-refractivity contribution in [1.29, 1.82) is 0 Å². The zero-order valence-electron chi connectivity index (χ0n) is 15.5. The number of carbonyl (C=O) groups excluding carboxylic acids is 3. The average molecular weight is 446 g/mol. The molecule has 1 atom stereocenters. The molecule has 4 rings (SSSR count). The molecule has 0 saturated carbocycles. The van der Waals surface area contributed by atoms with Crippen LogP contribution in [0.3, 0.4) is 0 Å². The first-order valence-electron chi connectivity index (χ1n) is 8.62. The molecule has 0 aromatic heterocycles. The number of hydrogen-bond acceptors (Lipinski definition) is 7. The monoisotopic (exact) mass is 446 g/mol. The highest BCUT2D eigenvalue weighted by atomic mass is 32.3. The lowest BCUT2D eigenvalue weighted by molar-refractivity contribution is -0.529. The first-order chi connectivity index (χ1) is 14.5. The predicted octanol–water partition coefficient (Wildman–Crippen LogP) is 0.999. The Bertz CT molecular complexity index is 1240. The summed E-state index contributed by atoms with van der Waals surface area (Å²) < 4.78 is 31.6. The molecule has 0 spiro atoms. The molecule has 0 heterocycles. The summed E-state index contributed by atoms with van der Waals surface area (Å²) >= 11 is 0. The van der Waals surface area contributed by atoms with Crippen molar-refractivity contribution in [2.75, 3.05) is 0 Å². The molecule has 11 nitrogen and oxygen atoms in total. The molecule has 1 amide bonds. The highest BCUT2D eigenvalue weighted by Crippen LogP contribution is 2.38. The molecule has 1 unspecified atom stereocenters. The van der Waals surface area contributed by atoms with Crippen molar-refractivity contribution < 1.29 is 36.9 Å². The van der Waals surface area contributed by atoms with Crippen molar-refractivity contribution in [2.45, 2.75) is 6.42 Å². The molecule has 160 valence electrons. The quantitative estimate of drug-likeness (QED) is 0.258. The summed E-state index contributed by atoms with van der Waals surface area (Å²) in [5.41, 5.74) is 4.67. The van der Waals surface area contributed by atoms with Crippen LogP contribution in [0.1, 0.15) is 15.9 Å². The Morgan fingerprint density at radius 2 is 1.81 bits per heavy atom. The van der Waals surface area contributed by atoms with Crippen LogP contribution in [0.5, 0.6) is 0 Å². The second-order valence-electron chi connectivity index (χ2n) is 6.65. The van der Waals surface area contributed by atoms with Crippen LogP contribution in [-0.2, 0) is 26.4 Å². The highest BCUT2D eigenvalue weighted by Gasteiger charge is 2.37. The maximum Gasteiger partial charge on any atom is 0.394 e. The third kappa shape index (κ3) is 4.88. The van der Waals surface area contributed by atoms with E-state index in [9.17, 15) is 24.5 Å². The molecule has 31 heavy (non-hydrogen) atoms. The Kier molecular flexibility index (Phi) is 5.79. The lowest BCUT2D eigenvalue weighted by Gasteiger charge is -2.28. The number of amides is 1. The maximum absolute atomic E-state index is 12.8. The lowest BCUT2D eigenvalue weighted by Crippen LogP contribution is -2.36. The van der Waals surface area contributed by atoms with Gasteiger partial charge in [-0.3, -0.25) is 23.5 Å². The number of hydrogen-bond donors (Lipinski definition) is 3. The maximum atomic E-state index is 12.8. The van der Waals surface area contributed by atoms with Crippen molar-refractivity contribution in [2.24, 2.45) is 5.92 Å². The molecular weight excluding hydrogens is 432 g/mol. The third-order valence-corrected chi connectivity index (χ3v) is 4.69. The standard InChI is InChI=1S/C19H12N2O5.H2O4S/c22-17-13-4-2-1-3-10(13)7-12-8-11-5-6-14(19(24)20-21(25)26)18(23)15(11)9-16(12)17;1-5(2,3)4/h1-6,8-9,15H,7H2,(H,20,24);(H2,1,2,3,4). The fourth-order valence-corrected chi connectivity index (χ4v) is 3.49. The summed E-state index contributed by atoms with van der Waals surface area (Å²) in [4.78, 5) is 47.7. The van der Waals surface area contributed by atoms with Gasteiger partial charge in [0.05, 0.1) is 11.5 Å². The van der Waals surface area contributed by atoms with E-state index in [1.807, 2.05) is 12.1 Å². The number of carbonyl (C=O) groups is 3. The van der Waals surface area contributed by atoms with Crippen LogP contribution in [0.2, 0.25) is 0 Å². The Morgan fingerprint density at radius 3 is 2.45 bits per heavy atom. The molecule has 3 N–H and O–H groups in total. The lowest BCUT2D eigenvalue weighted by atomic mass is 9.73. The normalized spacial score (nSPS) is 19.1. The minimum absolute atomic E-state index is 0.157. The van der Waals surface area contributed by atoms with Crippen LogP contribution in [0.4, 0.5) is 0 Å². The first-order valence-corrected chi connectivity index (χ1v) is 10.0. The van der Waals surface area contributed by atoms with E-state index in [4.69, 9.17) is 17.5 Å². The van der Waals surface area contributed by atoms with Crippen molar-refractivity contribution in [3.05, 3.63) is 92.1 Å². The van der Waals surface area contributed by atoms with Gasteiger partial charge in [-0.25, -0.2) is 10.1 Å². The topological polar surface area (TPSA) is 181 Å². The summed E-state index contributed by atoms with van der Waals surface area (Å²) in [5, 5.41) is 9.44. The van der Waals surface area contributed by atoms with Gasteiger partial charge < -0.3 is 0 Å². The number of benzene rings is 1. The van der Waals surface area contributed by atoms with Gasteiger partial charge in [0, 0.05) is 11.1 Å². The van der Waals surface area contributed by atoms with Gasteiger partial charge in [0.15, 0.2) is 16.6 Å². The zero-order valence-corrected chi connectivity index (χ0v) is 16.3. The van der Waals surface area contributed by atoms with E-state index in [-0.39, 0.29) is 11.4 Å². The van der Waals surface area contributed by atoms with Gasteiger partial charge in [-0.1, -0.05) is 47.9 Å². The summed E-state index contributed by atoms with van der Waals surface area (Å²) in [6.07, 6.45) is 6.82. The van der Waals surface area contributed by atoms with E-state index in [1.54, 1.807) is 30.4 Å². The minimum atomic E-state index is -4.67. The van der Waals surface area contributed by atoms with Crippen LogP contribution >= 0.6 is 0 Å². The number of nitrogens with zero attached hydrogens (tertiary/aromatic N) is 1. The molecule has 3 aliphatic carbocycles. The predicted molar refractivity (Wildman–Crippen MR) is 105 cm³/mol. The number of nitrogens with one attached hydrogen (secondary N) is 1. The Labute approximate surface area is 175 Å². The molecule has 1 aromatic carbocycles. The van der Waals surface area contributed by atoms with Gasteiger partial charge in [-0.05, 0) is 29.2 Å². The largest absolute Gasteiger partial charge is 0.394 e. The number of fused-ring (bicyclic) bond motifs is 3. The van der Waals surface area contributed by atoms with Gasteiger partial charge in [0.25, 0.3) is 0 Å². The van der Waals surface area contributed by atoms with Crippen LogP contribution in [0.15, 0.2) is 70.9 Å². The zero-order chi connectivity index (χ0) is 22.9. The second kappa shape index (κ2) is 8.18. The van der Waals surface area contributed by atoms with Gasteiger partial charge in [0.2, 0.25) is 0 Å². The van der Waals surface area contributed by atoms with Gasteiger partial charge in [0.1, 0.15) is 0 Å². The molecule has 3 aliphatic rings. The number of rotatable bonds is 2. The smallest absolute Gasteiger partial charge is 0.293 e. The summed E-state index contributed by atoms with van der Waals surface area (Å²) in [5.74, 6) is -2.57. The van der Waals surface area contributed by atoms with Gasteiger partial charge in [-0.15, -0.1) is 0 Å². The Hall–Kier alpha value is -3.74. The Balaban J connectivity index is 0.000000491. The third-order valence-electron chi connectivity index (χ3n) is 4.69. The van der Waals surface area contributed by atoms with E-state index in [1.165, 1.54) is 11.5 Å². The molecular formula is C19H14N2O9S. The number of Topliss-reactive ketones (excluding diaryl/α,β-unsaturated/α-hetero) is 2. The van der Waals surface area contributed by atoms with Gasteiger partial charge >= 0.3 is 16.3 Å². The number of allylic oxidation sites excluding steroid dienone is 7. The molecule has 1 aromatic rings. The van der Waals surface area contributed by atoms with Crippen LogP contribution in [0.25, 0.3) is 0 Å². The van der Waals surface area contributed by atoms with Crippen LogP contribution in [0, 0.1) is 16.0 Å². The molecule has 0 bridgehead atoms. The molecule has 0 saturated heterocycles. The summed E-state index contributed by atoms with van der Waals surface area (Å²) in [6.45, 7) is 0. The van der Waals surface area contributed by atoms with E-state index in [0.29, 0.717) is 23.1 Å². The molecule has 0 aliphatic heterocycles. The molecule has 12 heteroatoms. The van der Waals surface area contributed by atoms with Crippen LogP contribution < -0.4 is 5.43 Å². The van der Waals surface area contributed by atoms with E-state index in [2.05, 4.69) is 0 Å². The fraction of sp³-hybridized carbons (Fsp3) is 0.105. The molecule has 0 radical (unpaired) electrons. The van der Waals surface area contributed by atoms with E-state index in [0.717, 1.165) is 11.1 Å². The highest BCUT2D eigenvalue weighted by molar-refractivity contribution is 7.79. The minimum Gasteiger partial charge on any atom is -0.293 e. The van der Waals surface area contributed by atoms with E-state index >= 15 is 0 Å². The molecule has 0 fully saturated rings. The average Bonchev–Trinajstić information content (AvgIpc) is 2.65. The van der Waals surface area contributed by atoms with Crippen molar-refractivity contribution in [1.82, 2.24) is 5.43 Å². The summed E-state index contributed by atoms with van der Waals surface area (Å²) in [6, 6.07) is 7.31.